The Labute approximate surface area is 140 Å². The zero-order valence-electron chi connectivity index (χ0n) is 12.8. The fraction of sp³-hybridized carbons (Fsp3) is 0.0588. The van der Waals surface area contributed by atoms with Gasteiger partial charge in [0.2, 0.25) is 17.0 Å². The first-order chi connectivity index (χ1) is 12.2. The van der Waals surface area contributed by atoms with Gasteiger partial charge in [0.15, 0.2) is 12.4 Å². The van der Waals surface area contributed by atoms with E-state index in [1.54, 1.807) is 24.3 Å². The van der Waals surface area contributed by atoms with Crippen molar-refractivity contribution >= 4 is 11.0 Å². The summed E-state index contributed by atoms with van der Waals surface area (Å²) in [4.78, 5) is 12.8. The number of rotatable bonds is 4. The summed E-state index contributed by atoms with van der Waals surface area (Å²) in [5.74, 6) is 0.126. The van der Waals surface area contributed by atoms with Crippen LogP contribution in [0.25, 0.3) is 22.3 Å². The number of nitrogens with one attached hydrogen (secondary N) is 1. The first kappa shape index (κ1) is 15.0. The highest BCUT2D eigenvalue weighted by Crippen LogP contribution is 2.31. The summed E-state index contributed by atoms with van der Waals surface area (Å²) in [5.41, 5.74) is 0.607. The van der Waals surface area contributed by atoms with Crippen LogP contribution in [0.5, 0.6) is 5.75 Å². The Balaban J connectivity index is 1.87. The number of aromatic nitrogens is 4. The minimum Gasteiger partial charge on any atom is -0.478 e. The van der Waals surface area contributed by atoms with E-state index in [9.17, 15) is 9.18 Å². The largest absolute Gasteiger partial charge is 0.478 e. The molecule has 2 aromatic heterocycles. The summed E-state index contributed by atoms with van der Waals surface area (Å²) in [5, 5.41) is 13.7. The molecule has 0 saturated heterocycles. The average molecular weight is 338 g/mol. The van der Waals surface area contributed by atoms with Gasteiger partial charge >= 0.3 is 0 Å². The second-order valence-corrected chi connectivity index (χ2v) is 5.21. The Kier molecular flexibility index (Phi) is 3.70. The van der Waals surface area contributed by atoms with E-state index in [0.717, 1.165) is 0 Å². The summed E-state index contributed by atoms with van der Waals surface area (Å²) in [6, 6.07) is 12.4. The van der Waals surface area contributed by atoms with Crippen molar-refractivity contribution in [1.82, 2.24) is 20.6 Å². The van der Waals surface area contributed by atoms with Gasteiger partial charge in [-0.15, -0.1) is 10.2 Å². The van der Waals surface area contributed by atoms with Crippen LogP contribution in [-0.2, 0) is 6.61 Å². The van der Waals surface area contributed by atoms with E-state index in [1.807, 2.05) is 0 Å². The van der Waals surface area contributed by atoms with E-state index in [4.69, 9.17) is 9.15 Å². The van der Waals surface area contributed by atoms with Gasteiger partial charge in [-0.2, -0.15) is 5.21 Å². The van der Waals surface area contributed by atoms with Crippen LogP contribution in [0.15, 0.2) is 57.7 Å². The number of nitrogens with zero attached hydrogens (tertiary/aromatic N) is 3. The van der Waals surface area contributed by atoms with Crippen molar-refractivity contribution < 1.29 is 13.5 Å². The maximum Gasteiger partial charge on any atom is 0.235 e. The van der Waals surface area contributed by atoms with Crippen LogP contribution in [0, 0.1) is 5.82 Å². The van der Waals surface area contributed by atoms with Gasteiger partial charge in [-0.1, -0.05) is 17.3 Å². The molecular formula is C17H11FN4O3. The Morgan fingerprint density at radius 3 is 2.68 bits per heavy atom. The van der Waals surface area contributed by atoms with Crippen LogP contribution >= 0.6 is 0 Å². The first-order valence-corrected chi connectivity index (χ1v) is 7.39. The number of para-hydroxylation sites is 1. The lowest BCUT2D eigenvalue weighted by Crippen LogP contribution is -2.11. The van der Waals surface area contributed by atoms with Gasteiger partial charge in [0.1, 0.15) is 11.4 Å². The number of hydrogen-bond acceptors (Lipinski definition) is 6. The third kappa shape index (κ3) is 2.85. The second kappa shape index (κ2) is 6.16. The zero-order valence-corrected chi connectivity index (χ0v) is 12.8. The molecule has 25 heavy (non-hydrogen) atoms. The van der Waals surface area contributed by atoms with E-state index < -0.39 is 0 Å². The molecule has 0 unspecified atom stereocenters. The van der Waals surface area contributed by atoms with Crippen LogP contribution in [0.3, 0.4) is 0 Å². The Morgan fingerprint density at radius 1 is 1.12 bits per heavy atom. The van der Waals surface area contributed by atoms with Crippen molar-refractivity contribution in [1.29, 1.82) is 0 Å². The van der Waals surface area contributed by atoms with E-state index in [-0.39, 0.29) is 35.2 Å². The molecule has 0 aliphatic carbocycles. The lowest BCUT2D eigenvalue weighted by atomic mass is 10.1. The smallest absolute Gasteiger partial charge is 0.235 e. The number of benzene rings is 2. The number of H-pyrrole nitrogens is 1. The maximum atomic E-state index is 13.2. The quantitative estimate of drug-likeness (QED) is 0.615. The molecule has 0 spiro atoms. The third-order valence-electron chi connectivity index (χ3n) is 3.60. The summed E-state index contributed by atoms with van der Waals surface area (Å²) in [6.07, 6.45) is 0. The zero-order chi connectivity index (χ0) is 17.2. The second-order valence-electron chi connectivity index (χ2n) is 5.21. The summed E-state index contributed by atoms with van der Waals surface area (Å²) < 4.78 is 24.7. The maximum absolute atomic E-state index is 13.2. The summed E-state index contributed by atoms with van der Waals surface area (Å²) in [7, 11) is 0. The molecule has 2 heterocycles. The van der Waals surface area contributed by atoms with Gasteiger partial charge in [0.25, 0.3) is 0 Å². The number of hydrogen-bond donors (Lipinski definition) is 1. The van der Waals surface area contributed by atoms with Crippen molar-refractivity contribution in [3.63, 3.8) is 0 Å². The van der Waals surface area contributed by atoms with Gasteiger partial charge in [-0.3, -0.25) is 4.79 Å². The number of ether oxygens (including phenoxy) is 1. The molecule has 4 aromatic rings. The molecule has 0 aliphatic heterocycles. The Bertz CT molecular complexity index is 1080. The molecule has 2 aromatic carbocycles. The van der Waals surface area contributed by atoms with Gasteiger partial charge < -0.3 is 9.15 Å². The third-order valence-corrected chi connectivity index (χ3v) is 3.60. The molecule has 124 valence electrons. The highest BCUT2D eigenvalue weighted by molar-refractivity contribution is 5.81. The van der Waals surface area contributed by atoms with Crippen LogP contribution in [-0.4, -0.2) is 20.6 Å². The summed E-state index contributed by atoms with van der Waals surface area (Å²) >= 11 is 0. The van der Waals surface area contributed by atoms with E-state index in [2.05, 4.69) is 20.6 Å². The average Bonchev–Trinajstić information content (AvgIpc) is 3.15. The molecule has 1 N–H and O–H groups in total. The molecule has 0 fully saturated rings. The van der Waals surface area contributed by atoms with Gasteiger partial charge in [0.05, 0.1) is 5.39 Å². The molecule has 8 heteroatoms. The SMILES string of the molecule is O=c1c(OCc2nn[nH]n2)c(-c2ccc(F)cc2)oc2ccccc12. The molecule has 0 atom stereocenters. The first-order valence-electron chi connectivity index (χ1n) is 7.39. The van der Waals surface area contributed by atoms with Crippen molar-refractivity contribution in [2.45, 2.75) is 6.61 Å². The minimum atomic E-state index is -0.388. The van der Waals surface area contributed by atoms with Crippen molar-refractivity contribution in [2.75, 3.05) is 0 Å². The van der Waals surface area contributed by atoms with Gasteiger partial charge in [-0.25, -0.2) is 4.39 Å². The van der Waals surface area contributed by atoms with Crippen molar-refractivity contribution in [3.05, 3.63) is 70.4 Å². The van der Waals surface area contributed by atoms with Crippen molar-refractivity contribution in [2.24, 2.45) is 0 Å². The van der Waals surface area contributed by atoms with Gasteiger partial charge in [0, 0.05) is 5.56 Å². The molecule has 0 aliphatic rings. The van der Waals surface area contributed by atoms with E-state index in [0.29, 0.717) is 16.5 Å². The monoisotopic (exact) mass is 338 g/mol. The number of fused-ring (bicyclic) bond motifs is 1. The van der Waals surface area contributed by atoms with Gasteiger partial charge in [-0.05, 0) is 36.4 Å². The van der Waals surface area contributed by atoms with Crippen LogP contribution in [0.4, 0.5) is 4.39 Å². The molecule has 0 saturated carbocycles. The number of halogens is 1. The topological polar surface area (TPSA) is 93.9 Å². The Hall–Kier alpha value is -3.55. The predicted octanol–water partition coefficient (Wildman–Crippen LogP) is 2.69. The molecule has 0 radical (unpaired) electrons. The summed E-state index contributed by atoms with van der Waals surface area (Å²) in [6.45, 7) is -0.0617. The van der Waals surface area contributed by atoms with E-state index >= 15 is 0 Å². The highest BCUT2D eigenvalue weighted by Gasteiger charge is 2.18. The van der Waals surface area contributed by atoms with Crippen molar-refractivity contribution in [3.8, 4) is 17.1 Å². The van der Waals surface area contributed by atoms with E-state index in [1.165, 1.54) is 24.3 Å². The van der Waals surface area contributed by atoms with Crippen LogP contribution in [0.1, 0.15) is 5.82 Å². The normalized spacial score (nSPS) is 10.9. The van der Waals surface area contributed by atoms with Crippen LogP contribution < -0.4 is 10.2 Å². The molecule has 7 nitrogen and oxygen atoms in total. The predicted molar refractivity (Wildman–Crippen MR) is 86.4 cm³/mol. The lowest BCUT2D eigenvalue weighted by Gasteiger charge is -2.10. The molecule has 4 rings (SSSR count). The molecular weight excluding hydrogens is 327 g/mol. The molecule has 0 amide bonds. The highest BCUT2D eigenvalue weighted by atomic mass is 19.1. The fourth-order valence-electron chi connectivity index (χ4n) is 2.43. The minimum absolute atomic E-state index is 0.00936. The number of aromatic amines is 1. The standard InChI is InChI=1S/C17H11FN4O3/c18-11-7-5-10(6-8-11)16-17(24-9-14-19-21-22-20-14)15(23)12-3-1-2-4-13(12)25-16/h1-8H,9H2,(H,19,20,21,22). The fourth-order valence-corrected chi connectivity index (χ4v) is 2.43. The number of tetrazole rings is 1. The molecule has 0 bridgehead atoms. The lowest BCUT2D eigenvalue weighted by molar-refractivity contribution is 0.288. The van der Waals surface area contributed by atoms with Crippen LogP contribution in [0.2, 0.25) is 0 Å². The Morgan fingerprint density at radius 2 is 1.92 bits per heavy atom.